The summed E-state index contributed by atoms with van der Waals surface area (Å²) in [6.07, 6.45) is 0.156. The molecule has 4 rings (SSSR count). The van der Waals surface area contributed by atoms with E-state index < -0.39 is 5.92 Å². The summed E-state index contributed by atoms with van der Waals surface area (Å²) in [5.74, 6) is -0.896. The van der Waals surface area contributed by atoms with E-state index in [0.29, 0.717) is 23.1 Å². The first kappa shape index (κ1) is 19.1. The third-order valence-corrected chi connectivity index (χ3v) is 5.70. The van der Waals surface area contributed by atoms with Gasteiger partial charge < -0.3 is 15.5 Å². The lowest BCUT2D eigenvalue weighted by Crippen LogP contribution is -2.28. The Kier molecular flexibility index (Phi) is 5.02. The minimum absolute atomic E-state index is 0.0997. The standard InChI is InChI=1S/C21H20N4O3S/c1-12-3-8-17-18(9-12)29-21(23-17)24-20(28)14-10-19(27)25(11-14)16-6-4-15(5-7-16)22-13(2)26/h3-9,14H,10-11H2,1-2H3,(H,22,26)(H,23,24,28). The molecule has 1 aliphatic rings. The summed E-state index contributed by atoms with van der Waals surface area (Å²) in [4.78, 5) is 42.3. The van der Waals surface area contributed by atoms with Gasteiger partial charge in [0.15, 0.2) is 5.13 Å². The number of amides is 3. The van der Waals surface area contributed by atoms with E-state index in [-0.39, 0.29) is 24.1 Å². The Balaban J connectivity index is 1.43. The Bertz CT molecular complexity index is 1110. The molecule has 0 saturated carbocycles. The minimum Gasteiger partial charge on any atom is -0.326 e. The second kappa shape index (κ2) is 7.63. The lowest BCUT2D eigenvalue weighted by Gasteiger charge is -2.17. The van der Waals surface area contributed by atoms with Gasteiger partial charge in [0.1, 0.15) is 0 Å². The highest BCUT2D eigenvalue weighted by Crippen LogP contribution is 2.30. The van der Waals surface area contributed by atoms with Crippen molar-refractivity contribution in [2.75, 3.05) is 22.1 Å². The predicted octanol–water partition coefficient (Wildman–Crippen LogP) is 3.55. The smallest absolute Gasteiger partial charge is 0.231 e. The molecule has 7 nitrogen and oxygen atoms in total. The zero-order valence-corrected chi connectivity index (χ0v) is 16.9. The Labute approximate surface area is 171 Å². The number of aromatic nitrogens is 1. The number of thiazole rings is 1. The molecule has 2 heterocycles. The van der Waals surface area contributed by atoms with Crippen molar-refractivity contribution >= 4 is 55.8 Å². The van der Waals surface area contributed by atoms with Crippen molar-refractivity contribution in [2.24, 2.45) is 5.92 Å². The molecule has 1 fully saturated rings. The summed E-state index contributed by atoms with van der Waals surface area (Å²) in [5, 5.41) is 6.09. The lowest BCUT2D eigenvalue weighted by atomic mass is 10.1. The van der Waals surface area contributed by atoms with Gasteiger partial charge in [0, 0.05) is 31.3 Å². The molecule has 1 aromatic heterocycles. The van der Waals surface area contributed by atoms with E-state index in [1.807, 2.05) is 25.1 Å². The van der Waals surface area contributed by atoms with E-state index in [0.717, 1.165) is 15.8 Å². The Morgan fingerprint density at radius 3 is 2.62 bits per heavy atom. The number of hydrogen-bond acceptors (Lipinski definition) is 5. The van der Waals surface area contributed by atoms with Crippen molar-refractivity contribution in [3.05, 3.63) is 48.0 Å². The summed E-state index contributed by atoms with van der Waals surface area (Å²) in [5.41, 5.74) is 3.35. The number of nitrogens with one attached hydrogen (secondary N) is 2. The molecule has 0 radical (unpaired) electrons. The fraction of sp³-hybridized carbons (Fsp3) is 0.238. The number of benzene rings is 2. The lowest BCUT2D eigenvalue weighted by molar-refractivity contribution is -0.122. The van der Waals surface area contributed by atoms with E-state index in [1.165, 1.54) is 18.3 Å². The number of anilines is 3. The fourth-order valence-corrected chi connectivity index (χ4v) is 4.32. The van der Waals surface area contributed by atoms with Crippen molar-refractivity contribution in [1.29, 1.82) is 0 Å². The van der Waals surface area contributed by atoms with Crippen LogP contribution in [0.3, 0.4) is 0 Å². The van der Waals surface area contributed by atoms with E-state index in [9.17, 15) is 14.4 Å². The van der Waals surface area contributed by atoms with Crippen LogP contribution < -0.4 is 15.5 Å². The summed E-state index contributed by atoms with van der Waals surface area (Å²) in [7, 11) is 0. The third-order valence-electron chi connectivity index (χ3n) is 4.77. The van der Waals surface area contributed by atoms with Crippen molar-refractivity contribution in [3.8, 4) is 0 Å². The molecule has 2 aromatic carbocycles. The van der Waals surface area contributed by atoms with Gasteiger partial charge in [-0.2, -0.15) is 0 Å². The van der Waals surface area contributed by atoms with Crippen LogP contribution >= 0.6 is 11.3 Å². The average molecular weight is 408 g/mol. The van der Waals surface area contributed by atoms with E-state index >= 15 is 0 Å². The molecule has 3 aromatic rings. The molecule has 0 bridgehead atoms. The van der Waals surface area contributed by atoms with Crippen LogP contribution in [0.1, 0.15) is 18.9 Å². The molecule has 148 valence electrons. The molecular formula is C21H20N4O3S. The first-order chi connectivity index (χ1) is 13.9. The zero-order valence-electron chi connectivity index (χ0n) is 16.1. The summed E-state index contributed by atoms with van der Waals surface area (Å²) in [6.45, 7) is 3.76. The van der Waals surface area contributed by atoms with Crippen LogP contribution in [0.5, 0.6) is 0 Å². The summed E-state index contributed by atoms with van der Waals surface area (Å²) in [6, 6.07) is 13.0. The number of carbonyl (C=O) groups excluding carboxylic acids is 3. The van der Waals surface area contributed by atoms with Gasteiger partial charge in [-0.1, -0.05) is 17.4 Å². The first-order valence-corrected chi connectivity index (χ1v) is 10.1. The minimum atomic E-state index is -0.439. The normalized spacial score (nSPS) is 16.3. The molecule has 1 saturated heterocycles. The first-order valence-electron chi connectivity index (χ1n) is 9.25. The Morgan fingerprint density at radius 2 is 1.90 bits per heavy atom. The maximum atomic E-state index is 12.7. The van der Waals surface area contributed by atoms with Crippen molar-refractivity contribution in [1.82, 2.24) is 4.98 Å². The molecule has 8 heteroatoms. The van der Waals surface area contributed by atoms with Gasteiger partial charge in [0.2, 0.25) is 17.7 Å². The summed E-state index contributed by atoms with van der Waals surface area (Å²) < 4.78 is 1.02. The molecule has 1 atom stereocenters. The quantitative estimate of drug-likeness (QED) is 0.691. The SMILES string of the molecule is CC(=O)Nc1ccc(N2CC(C(=O)Nc3nc4ccc(C)cc4s3)CC2=O)cc1. The monoisotopic (exact) mass is 408 g/mol. The molecule has 2 N–H and O–H groups in total. The van der Waals surface area contributed by atoms with Crippen LogP contribution in [0.4, 0.5) is 16.5 Å². The highest BCUT2D eigenvalue weighted by molar-refractivity contribution is 7.22. The molecule has 3 amide bonds. The zero-order chi connectivity index (χ0) is 20.5. The van der Waals surface area contributed by atoms with Crippen LogP contribution in [-0.4, -0.2) is 29.3 Å². The highest BCUT2D eigenvalue weighted by atomic mass is 32.1. The van der Waals surface area contributed by atoms with Gasteiger partial charge in [-0.3, -0.25) is 14.4 Å². The van der Waals surface area contributed by atoms with Crippen LogP contribution in [0.15, 0.2) is 42.5 Å². The van der Waals surface area contributed by atoms with Gasteiger partial charge >= 0.3 is 0 Å². The topological polar surface area (TPSA) is 91.4 Å². The second-order valence-corrected chi connectivity index (χ2v) is 8.14. The number of nitrogens with zero attached hydrogens (tertiary/aromatic N) is 2. The molecular weight excluding hydrogens is 388 g/mol. The summed E-state index contributed by atoms with van der Waals surface area (Å²) >= 11 is 1.43. The molecule has 0 aliphatic carbocycles. The van der Waals surface area contributed by atoms with Gasteiger partial charge in [0.05, 0.1) is 16.1 Å². The van der Waals surface area contributed by atoms with Crippen LogP contribution in [0.25, 0.3) is 10.2 Å². The second-order valence-electron chi connectivity index (χ2n) is 7.11. The van der Waals surface area contributed by atoms with Crippen LogP contribution in [-0.2, 0) is 14.4 Å². The molecule has 1 unspecified atom stereocenters. The Hall–Kier alpha value is -3.26. The van der Waals surface area contributed by atoms with E-state index in [4.69, 9.17) is 0 Å². The average Bonchev–Trinajstić information content (AvgIpc) is 3.24. The van der Waals surface area contributed by atoms with Crippen LogP contribution in [0, 0.1) is 12.8 Å². The highest BCUT2D eigenvalue weighted by Gasteiger charge is 2.35. The van der Waals surface area contributed by atoms with Crippen molar-refractivity contribution in [3.63, 3.8) is 0 Å². The van der Waals surface area contributed by atoms with Crippen molar-refractivity contribution < 1.29 is 14.4 Å². The maximum Gasteiger partial charge on any atom is 0.231 e. The van der Waals surface area contributed by atoms with E-state index in [1.54, 1.807) is 29.2 Å². The van der Waals surface area contributed by atoms with Crippen LogP contribution in [0.2, 0.25) is 0 Å². The fourth-order valence-electron chi connectivity index (χ4n) is 3.35. The third kappa shape index (κ3) is 4.12. The predicted molar refractivity (Wildman–Crippen MR) is 114 cm³/mol. The number of hydrogen-bond donors (Lipinski definition) is 2. The largest absolute Gasteiger partial charge is 0.326 e. The molecule has 1 aliphatic heterocycles. The number of aryl methyl sites for hydroxylation is 1. The van der Waals surface area contributed by atoms with Gasteiger partial charge in [-0.25, -0.2) is 4.98 Å². The van der Waals surface area contributed by atoms with Gasteiger partial charge in [-0.15, -0.1) is 0 Å². The number of fused-ring (bicyclic) bond motifs is 1. The van der Waals surface area contributed by atoms with Gasteiger partial charge in [0.25, 0.3) is 0 Å². The van der Waals surface area contributed by atoms with Gasteiger partial charge in [-0.05, 0) is 48.9 Å². The number of carbonyl (C=O) groups is 3. The molecule has 0 spiro atoms. The number of rotatable bonds is 4. The Morgan fingerprint density at radius 1 is 1.14 bits per heavy atom. The van der Waals surface area contributed by atoms with E-state index in [2.05, 4.69) is 15.6 Å². The molecule has 29 heavy (non-hydrogen) atoms. The van der Waals surface area contributed by atoms with Crippen molar-refractivity contribution in [2.45, 2.75) is 20.3 Å². The maximum absolute atomic E-state index is 12.7.